The molecule has 0 saturated heterocycles. The van der Waals surface area contributed by atoms with Crippen LogP contribution in [0.25, 0.3) is 0 Å². The summed E-state index contributed by atoms with van der Waals surface area (Å²) >= 11 is 0. The minimum Gasteiger partial charge on any atom is -0.494 e. The summed E-state index contributed by atoms with van der Waals surface area (Å²) in [5, 5.41) is 10.5. The lowest BCUT2D eigenvalue weighted by molar-refractivity contribution is -0.402. The summed E-state index contributed by atoms with van der Waals surface area (Å²) in [6, 6.07) is 8.57. The van der Waals surface area contributed by atoms with Crippen molar-refractivity contribution in [1.82, 2.24) is 0 Å². The van der Waals surface area contributed by atoms with Gasteiger partial charge < -0.3 is 13.9 Å². The number of ether oxygens (including phenoxy) is 2. The van der Waals surface area contributed by atoms with Crippen molar-refractivity contribution in [3.05, 3.63) is 57.8 Å². The second-order valence-electron chi connectivity index (χ2n) is 4.76. The first-order valence-corrected chi connectivity index (χ1v) is 7.14. The Morgan fingerprint density at radius 2 is 1.88 bits per heavy atom. The van der Waals surface area contributed by atoms with E-state index in [1.807, 2.05) is 6.92 Å². The molecule has 2 rings (SSSR count). The normalized spacial score (nSPS) is 11.6. The van der Waals surface area contributed by atoms with Gasteiger partial charge in [-0.3, -0.25) is 14.9 Å². The van der Waals surface area contributed by atoms with Gasteiger partial charge in [-0.2, -0.15) is 0 Å². The third kappa shape index (κ3) is 3.97. The summed E-state index contributed by atoms with van der Waals surface area (Å²) in [6.07, 6.45) is -1.07. The number of Topliss-reactive ketones (excluding diaryl/α,β-unsaturated/α-hetero) is 1. The zero-order chi connectivity index (χ0) is 17.7. The highest BCUT2D eigenvalue weighted by Crippen LogP contribution is 2.18. The molecule has 0 radical (unpaired) electrons. The van der Waals surface area contributed by atoms with Gasteiger partial charge in [0.05, 0.1) is 12.7 Å². The Labute approximate surface area is 137 Å². The Morgan fingerprint density at radius 1 is 1.21 bits per heavy atom. The Kier molecular flexibility index (Phi) is 5.31. The maximum absolute atomic E-state index is 12.2. The molecular weight excluding hydrogens is 318 g/mol. The first-order valence-electron chi connectivity index (χ1n) is 7.14. The highest BCUT2D eigenvalue weighted by molar-refractivity contribution is 6.01. The smallest absolute Gasteiger partial charge is 0.433 e. The minimum atomic E-state index is -1.07. The highest BCUT2D eigenvalue weighted by atomic mass is 16.7. The van der Waals surface area contributed by atoms with Gasteiger partial charge in [0.1, 0.15) is 10.7 Å². The Morgan fingerprint density at radius 3 is 2.42 bits per heavy atom. The van der Waals surface area contributed by atoms with E-state index in [1.165, 1.54) is 6.92 Å². The van der Waals surface area contributed by atoms with E-state index in [2.05, 4.69) is 0 Å². The van der Waals surface area contributed by atoms with Gasteiger partial charge in [0.15, 0.2) is 6.10 Å². The van der Waals surface area contributed by atoms with Crippen LogP contribution in [0.1, 0.15) is 34.8 Å². The zero-order valence-corrected chi connectivity index (χ0v) is 13.1. The van der Waals surface area contributed by atoms with Crippen LogP contribution >= 0.6 is 0 Å². The van der Waals surface area contributed by atoms with Gasteiger partial charge in [0.25, 0.3) is 0 Å². The summed E-state index contributed by atoms with van der Waals surface area (Å²) in [5.41, 5.74) is 0.351. The average Bonchev–Trinajstić information content (AvgIpc) is 3.05. The molecule has 0 aliphatic carbocycles. The number of hydrogen-bond donors (Lipinski definition) is 0. The van der Waals surface area contributed by atoms with Crippen molar-refractivity contribution >= 4 is 17.6 Å². The zero-order valence-electron chi connectivity index (χ0n) is 13.1. The summed E-state index contributed by atoms with van der Waals surface area (Å²) in [4.78, 5) is 33.8. The van der Waals surface area contributed by atoms with Crippen molar-refractivity contribution in [2.45, 2.75) is 20.0 Å². The standard InChI is InChI=1S/C16H15NO7/c1-3-22-12-6-4-11(5-7-12)15(18)10(2)23-16(19)13-8-9-14(24-13)17(20)21/h4-10H,3H2,1-2H3/t10-/m0/s1. The van der Waals surface area contributed by atoms with Crippen molar-refractivity contribution < 1.29 is 28.4 Å². The number of nitro groups is 1. The van der Waals surface area contributed by atoms with Crippen molar-refractivity contribution in [3.63, 3.8) is 0 Å². The van der Waals surface area contributed by atoms with E-state index in [1.54, 1.807) is 24.3 Å². The molecule has 0 fully saturated rings. The predicted octanol–water partition coefficient (Wildman–Crippen LogP) is 3.01. The van der Waals surface area contributed by atoms with Gasteiger partial charge in [-0.15, -0.1) is 0 Å². The fourth-order valence-corrected chi connectivity index (χ4v) is 1.92. The van der Waals surface area contributed by atoms with Gasteiger partial charge in [0, 0.05) is 5.56 Å². The molecule has 0 aliphatic rings. The van der Waals surface area contributed by atoms with E-state index < -0.39 is 28.7 Å². The van der Waals surface area contributed by atoms with E-state index >= 15 is 0 Å². The number of esters is 1. The Balaban J connectivity index is 2.02. The predicted molar refractivity (Wildman–Crippen MR) is 82.2 cm³/mol. The molecule has 8 heteroatoms. The van der Waals surface area contributed by atoms with Gasteiger partial charge in [0.2, 0.25) is 11.5 Å². The number of rotatable bonds is 7. The summed E-state index contributed by atoms with van der Waals surface area (Å²) < 4.78 is 15.0. The van der Waals surface area contributed by atoms with Crippen LogP contribution in [0.3, 0.4) is 0 Å². The van der Waals surface area contributed by atoms with Gasteiger partial charge in [-0.1, -0.05) is 0 Å². The van der Waals surface area contributed by atoms with E-state index in [0.29, 0.717) is 17.9 Å². The maximum Gasteiger partial charge on any atom is 0.433 e. The fourth-order valence-electron chi connectivity index (χ4n) is 1.92. The Bertz CT molecular complexity index is 748. The molecule has 24 heavy (non-hydrogen) atoms. The third-order valence-electron chi connectivity index (χ3n) is 3.08. The summed E-state index contributed by atoms with van der Waals surface area (Å²) in [5.74, 6) is -1.65. The molecular formula is C16H15NO7. The number of nitrogens with zero attached hydrogens (tertiary/aromatic N) is 1. The molecule has 2 aromatic rings. The monoisotopic (exact) mass is 333 g/mol. The van der Waals surface area contributed by atoms with Crippen LogP contribution in [0.5, 0.6) is 5.75 Å². The van der Waals surface area contributed by atoms with Gasteiger partial charge >= 0.3 is 11.9 Å². The number of hydrogen-bond acceptors (Lipinski definition) is 7. The maximum atomic E-state index is 12.2. The minimum absolute atomic E-state index is 0.340. The van der Waals surface area contributed by atoms with Crippen molar-refractivity contribution in [1.29, 1.82) is 0 Å². The molecule has 126 valence electrons. The van der Waals surface area contributed by atoms with Crippen molar-refractivity contribution in [2.24, 2.45) is 0 Å². The molecule has 1 heterocycles. The van der Waals surface area contributed by atoms with Crippen LogP contribution in [-0.4, -0.2) is 29.4 Å². The number of carbonyl (C=O) groups is 2. The van der Waals surface area contributed by atoms with Crippen LogP contribution in [0, 0.1) is 10.1 Å². The van der Waals surface area contributed by atoms with Crippen molar-refractivity contribution in [3.8, 4) is 5.75 Å². The van der Waals surface area contributed by atoms with Crippen molar-refractivity contribution in [2.75, 3.05) is 6.61 Å². The first-order chi connectivity index (χ1) is 11.4. The van der Waals surface area contributed by atoms with E-state index in [9.17, 15) is 19.7 Å². The largest absolute Gasteiger partial charge is 0.494 e. The van der Waals surface area contributed by atoms with Crippen LogP contribution in [0.15, 0.2) is 40.8 Å². The van der Waals surface area contributed by atoms with E-state index in [0.717, 1.165) is 12.1 Å². The molecule has 0 aliphatic heterocycles. The lowest BCUT2D eigenvalue weighted by atomic mass is 10.1. The molecule has 1 atom stereocenters. The van der Waals surface area contributed by atoms with Crippen LogP contribution in [0.2, 0.25) is 0 Å². The summed E-state index contributed by atoms with van der Waals surface area (Å²) in [7, 11) is 0. The lowest BCUT2D eigenvalue weighted by Gasteiger charge is -2.11. The number of ketones is 1. The lowest BCUT2D eigenvalue weighted by Crippen LogP contribution is -2.24. The number of furan rings is 1. The average molecular weight is 333 g/mol. The van der Waals surface area contributed by atoms with Crippen LogP contribution in [-0.2, 0) is 4.74 Å². The molecule has 1 aromatic heterocycles. The third-order valence-corrected chi connectivity index (χ3v) is 3.08. The molecule has 1 aromatic carbocycles. The second-order valence-corrected chi connectivity index (χ2v) is 4.76. The summed E-state index contributed by atoms with van der Waals surface area (Å²) in [6.45, 7) is 3.77. The molecule has 0 spiro atoms. The number of carbonyl (C=O) groups excluding carboxylic acids is 2. The second kappa shape index (κ2) is 7.40. The van der Waals surface area contributed by atoms with Crippen LogP contribution < -0.4 is 4.74 Å². The molecule has 0 N–H and O–H groups in total. The highest BCUT2D eigenvalue weighted by Gasteiger charge is 2.24. The number of benzene rings is 1. The topological polar surface area (TPSA) is 109 Å². The molecule has 8 nitrogen and oxygen atoms in total. The molecule has 0 bridgehead atoms. The molecule has 0 amide bonds. The first kappa shape index (κ1) is 17.2. The fraction of sp³-hybridized carbons (Fsp3) is 0.250. The van der Waals surface area contributed by atoms with Crippen LogP contribution in [0.4, 0.5) is 5.88 Å². The SMILES string of the molecule is CCOc1ccc(C(=O)[C@H](C)OC(=O)c2ccc([N+](=O)[O-])o2)cc1. The van der Waals surface area contributed by atoms with E-state index in [4.69, 9.17) is 13.9 Å². The molecule has 0 saturated carbocycles. The molecule has 0 unspecified atom stereocenters. The Hall–Kier alpha value is -3.16. The van der Waals surface area contributed by atoms with E-state index in [-0.39, 0.29) is 5.76 Å². The van der Waals surface area contributed by atoms with Gasteiger partial charge in [-0.05, 0) is 44.2 Å². The van der Waals surface area contributed by atoms with Gasteiger partial charge in [-0.25, -0.2) is 4.79 Å². The quantitative estimate of drug-likeness (QED) is 0.331.